The van der Waals surface area contributed by atoms with E-state index in [2.05, 4.69) is 77.0 Å². The summed E-state index contributed by atoms with van der Waals surface area (Å²) in [7, 11) is 0. The summed E-state index contributed by atoms with van der Waals surface area (Å²) in [5.74, 6) is 0. The van der Waals surface area contributed by atoms with Gasteiger partial charge < -0.3 is 10.1 Å². The van der Waals surface area contributed by atoms with Gasteiger partial charge in [0.1, 0.15) is 0 Å². The van der Waals surface area contributed by atoms with E-state index in [-0.39, 0.29) is 5.60 Å². The van der Waals surface area contributed by atoms with Crippen LogP contribution in [0, 0.1) is 6.92 Å². The number of anilines is 1. The summed E-state index contributed by atoms with van der Waals surface area (Å²) in [6.45, 7) is 9.73. The molecule has 0 aliphatic heterocycles. The minimum atomic E-state index is -0.0799. The average Bonchev–Trinajstić information content (AvgIpc) is 2.13. The van der Waals surface area contributed by atoms with Crippen molar-refractivity contribution in [2.24, 2.45) is 0 Å². The van der Waals surface area contributed by atoms with Crippen LogP contribution in [0.1, 0.15) is 26.3 Å². The molecule has 0 heterocycles. The molecule has 0 spiro atoms. The lowest BCUT2D eigenvalue weighted by Crippen LogP contribution is -2.23. The Morgan fingerprint density at radius 2 is 1.71 bits per heavy atom. The van der Waals surface area contributed by atoms with Gasteiger partial charge in [-0.05, 0) is 77.3 Å². The van der Waals surface area contributed by atoms with Gasteiger partial charge in [0.05, 0.1) is 17.9 Å². The van der Waals surface area contributed by atoms with Crippen LogP contribution in [0.4, 0.5) is 5.69 Å². The predicted octanol–water partition coefficient (Wildman–Crippen LogP) is 4.75. The van der Waals surface area contributed by atoms with Gasteiger partial charge in [-0.3, -0.25) is 0 Å². The van der Waals surface area contributed by atoms with E-state index in [4.69, 9.17) is 4.74 Å². The summed E-state index contributed by atoms with van der Waals surface area (Å²) >= 11 is 7.11. The molecule has 0 unspecified atom stereocenters. The molecule has 1 N–H and O–H groups in total. The van der Waals surface area contributed by atoms with E-state index in [0.717, 1.165) is 21.2 Å². The van der Waals surface area contributed by atoms with Crippen molar-refractivity contribution in [1.82, 2.24) is 0 Å². The zero-order chi connectivity index (χ0) is 13.1. The molecule has 0 radical (unpaired) electrons. The molecule has 0 aliphatic carbocycles. The molecular formula is C13H19Br2NO. The SMILES string of the molecule is Cc1cc(Br)c(NCCOC(C)(C)C)c(Br)c1. The molecule has 0 aromatic heterocycles. The van der Waals surface area contributed by atoms with Crippen LogP contribution in [-0.2, 0) is 4.74 Å². The average molecular weight is 365 g/mol. The molecule has 17 heavy (non-hydrogen) atoms. The van der Waals surface area contributed by atoms with Gasteiger partial charge in [-0.15, -0.1) is 0 Å². The van der Waals surface area contributed by atoms with Crippen molar-refractivity contribution in [3.63, 3.8) is 0 Å². The van der Waals surface area contributed by atoms with Crippen molar-refractivity contribution >= 4 is 37.5 Å². The van der Waals surface area contributed by atoms with E-state index in [1.165, 1.54) is 5.56 Å². The van der Waals surface area contributed by atoms with Crippen molar-refractivity contribution in [3.8, 4) is 0 Å². The number of hydrogen-bond acceptors (Lipinski definition) is 2. The van der Waals surface area contributed by atoms with Gasteiger partial charge in [0.2, 0.25) is 0 Å². The van der Waals surface area contributed by atoms with E-state index in [0.29, 0.717) is 6.61 Å². The highest BCUT2D eigenvalue weighted by atomic mass is 79.9. The smallest absolute Gasteiger partial charge is 0.0646 e. The lowest BCUT2D eigenvalue weighted by molar-refractivity contribution is 0.00333. The van der Waals surface area contributed by atoms with E-state index >= 15 is 0 Å². The Morgan fingerprint density at radius 3 is 2.18 bits per heavy atom. The van der Waals surface area contributed by atoms with Crippen LogP contribution in [0.5, 0.6) is 0 Å². The molecule has 0 saturated carbocycles. The fourth-order valence-corrected chi connectivity index (χ4v) is 3.10. The first kappa shape index (κ1) is 15.0. The fourth-order valence-electron chi connectivity index (χ4n) is 1.40. The summed E-state index contributed by atoms with van der Waals surface area (Å²) in [4.78, 5) is 0. The summed E-state index contributed by atoms with van der Waals surface area (Å²) in [6, 6.07) is 4.19. The Balaban J connectivity index is 2.53. The number of ether oxygens (including phenoxy) is 1. The van der Waals surface area contributed by atoms with Crippen molar-refractivity contribution < 1.29 is 4.74 Å². The molecule has 96 valence electrons. The Bertz CT molecular complexity index is 362. The van der Waals surface area contributed by atoms with E-state index in [1.54, 1.807) is 0 Å². The molecule has 0 atom stereocenters. The standard InChI is InChI=1S/C13H19Br2NO/c1-9-7-10(14)12(11(15)8-9)16-5-6-17-13(2,3)4/h7-8,16H,5-6H2,1-4H3. The zero-order valence-electron chi connectivity index (χ0n) is 10.7. The molecule has 4 heteroatoms. The van der Waals surface area contributed by atoms with Gasteiger partial charge in [0, 0.05) is 15.5 Å². The number of halogens is 2. The highest BCUT2D eigenvalue weighted by Gasteiger charge is 2.10. The maximum atomic E-state index is 5.66. The molecule has 0 saturated heterocycles. The molecule has 1 rings (SSSR count). The largest absolute Gasteiger partial charge is 0.381 e. The molecule has 0 bridgehead atoms. The third-order valence-corrected chi connectivity index (χ3v) is 3.38. The molecule has 1 aromatic carbocycles. The maximum Gasteiger partial charge on any atom is 0.0646 e. The van der Waals surface area contributed by atoms with Crippen LogP contribution in [0.2, 0.25) is 0 Å². The Hall–Kier alpha value is -0.0600. The second-order valence-electron chi connectivity index (χ2n) is 4.99. The van der Waals surface area contributed by atoms with Crippen LogP contribution >= 0.6 is 31.9 Å². The molecule has 0 aliphatic rings. The second kappa shape index (κ2) is 6.21. The number of hydrogen-bond donors (Lipinski definition) is 1. The Kier molecular flexibility index (Phi) is 5.48. The minimum Gasteiger partial charge on any atom is -0.381 e. The van der Waals surface area contributed by atoms with Crippen LogP contribution in [0.25, 0.3) is 0 Å². The van der Waals surface area contributed by atoms with Crippen molar-refractivity contribution in [3.05, 3.63) is 26.6 Å². The minimum absolute atomic E-state index is 0.0799. The van der Waals surface area contributed by atoms with Gasteiger partial charge in [0.15, 0.2) is 0 Å². The first-order chi connectivity index (χ1) is 7.79. The topological polar surface area (TPSA) is 21.3 Å². The molecular weight excluding hydrogens is 346 g/mol. The molecule has 1 aromatic rings. The van der Waals surface area contributed by atoms with Gasteiger partial charge in [0.25, 0.3) is 0 Å². The quantitative estimate of drug-likeness (QED) is 0.778. The van der Waals surface area contributed by atoms with Gasteiger partial charge in [-0.25, -0.2) is 0 Å². The summed E-state index contributed by atoms with van der Waals surface area (Å²) < 4.78 is 7.80. The van der Waals surface area contributed by atoms with Crippen molar-refractivity contribution in [1.29, 1.82) is 0 Å². The summed E-state index contributed by atoms with van der Waals surface area (Å²) in [5, 5.41) is 3.36. The van der Waals surface area contributed by atoms with Gasteiger partial charge in [-0.2, -0.15) is 0 Å². The first-order valence-electron chi connectivity index (χ1n) is 5.63. The summed E-state index contributed by atoms with van der Waals surface area (Å²) in [5.41, 5.74) is 2.22. The third kappa shape index (κ3) is 5.40. The highest BCUT2D eigenvalue weighted by molar-refractivity contribution is 9.11. The number of rotatable bonds is 4. The molecule has 2 nitrogen and oxygen atoms in total. The maximum absolute atomic E-state index is 5.66. The first-order valence-corrected chi connectivity index (χ1v) is 7.22. The van der Waals surface area contributed by atoms with E-state index in [9.17, 15) is 0 Å². The zero-order valence-corrected chi connectivity index (χ0v) is 13.9. The normalized spacial score (nSPS) is 11.6. The van der Waals surface area contributed by atoms with Gasteiger partial charge in [-0.1, -0.05) is 0 Å². The lowest BCUT2D eigenvalue weighted by Gasteiger charge is -2.20. The number of nitrogens with one attached hydrogen (secondary N) is 1. The monoisotopic (exact) mass is 363 g/mol. The van der Waals surface area contributed by atoms with E-state index < -0.39 is 0 Å². The highest BCUT2D eigenvalue weighted by Crippen LogP contribution is 2.32. The van der Waals surface area contributed by atoms with Crippen LogP contribution in [-0.4, -0.2) is 18.8 Å². The lowest BCUT2D eigenvalue weighted by atomic mass is 10.2. The number of benzene rings is 1. The van der Waals surface area contributed by atoms with Crippen molar-refractivity contribution in [2.45, 2.75) is 33.3 Å². The van der Waals surface area contributed by atoms with Gasteiger partial charge >= 0.3 is 0 Å². The third-order valence-electron chi connectivity index (χ3n) is 2.13. The van der Waals surface area contributed by atoms with Crippen LogP contribution < -0.4 is 5.32 Å². The van der Waals surface area contributed by atoms with E-state index in [1.807, 2.05) is 0 Å². The summed E-state index contributed by atoms with van der Waals surface area (Å²) in [6.07, 6.45) is 0. The predicted molar refractivity (Wildman–Crippen MR) is 80.8 cm³/mol. The van der Waals surface area contributed by atoms with Crippen LogP contribution in [0.3, 0.4) is 0 Å². The molecule has 0 amide bonds. The Morgan fingerprint density at radius 1 is 1.18 bits per heavy atom. The van der Waals surface area contributed by atoms with Crippen LogP contribution in [0.15, 0.2) is 21.1 Å². The Labute approximate surface area is 120 Å². The fraction of sp³-hybridized carbons (Fsp3) is 0.538. The molecule has 0 fully saturated rings. The number of aryl methyl sites for hydroxylation is 1. The van der Waals surface area contributed by atoms with Crippen molar-refractivity contribution in [2.75, 3.05) is 18.5 Å². The second-order valence-corrected chi connectivity index (χ2v) is 6.70.